The topological polar surface area (TPSA) is 58.6 Å². The molecule has 0 radical (unpaired) electrons. The van der Waals surface area contributed by atoms with E-state index in [9.17, 15) is 4.79 Å². The van der Waals surface area contributed by atoms with Crippen LogP contribution in [0.5, 0.6) is 0 Å². The first-order valence-electron chi connectivity index (χ1n) is 5.95. The molecule has 4 heteroatoms. The van der Waals surface area contributed by atoms with Crippen LogP contribution in [0.4, 0.5) is 0 Å². The molecule has 1 rings (SSSR count). The smallest absolute Gasteiger partial charge is 0.312 e. The van der Waals surface area contributed by atoms with Crippen LogP contribution in [0.2, 0.25) is 0 Å². The lowest BCUT2D eigenvalue weighted by Gasteiger charge is -2.37. The van der Waals surface area contributed by atoms with Crippen LogP contribution in [0, 0.1) is 5.41 Å². The van der Waals surface area contributed by atoms with Crippen molar-refractivity contribution < 1.29 is 14.6 Å². The predicted molar refractivity (Wildman–Crippen MR) is 62.1 cm³/mol. The summed E-state index contributed by atoms with van der Waals surface area (Å²) in [5.74, 6) is -0.157. The average Bonchev–Trinajstić information content (AvgIpc) is 2.17. The van der Waals surface area contributed by atoms with Crippen molar-refractivity contribution in [2.45, 2.75) is 45.6 Å². The summed E-state index contributed by atoms with van der Waals surface area (Å²) < 4.78 is 5.46. The van der Waals surface area contributed by atoms with E-state index >= 15 is 0 Å². The number of aliphatic hydroxyl groups excluding tert-OH is 1. The minimum Gasteiger partial charge on any atom is -0.460 e. The summed E-state index contributed by atoms with van der Waals surface area (Å²) >= 11 is 0. The molecular weight excluding hydrogens is 206 g/mol. The molecule has 1 heterocycles. The van der Waals surface area contributed by atoms with Crippen molar-refractivity contribution in [2.24, 2.45) is 5.41 Å². The number of ether oxygens (including phenoxy) is 1. The second-order valence-corrected chi connectivity index (χ2v) is 5.51. The molecule has 1 aliphatic heterocycles. The van der Waals surface area contributed by atoms with Gasteiger partial charge in [-0.05, 0) is 53.1 Å². The number of carbonyl (C=O) groups is 1. The van der Waals surface area contributed by atoms with Gasteiger partial charge in [0.05, 0.1) is 5.41 Å². The number of hydrogen-bond donors (Lipinski definition) is 2. The lowest BCUT2D eigenvalue weighted by Crippen LogP contribution is -2.45. The molecule has 1 aliphatic rings. The van der Waals surface area contributed by atoms with Gasteiger partial charge in [-0.1, -0.05) is 0 Å². The van der Waals surface area contributed by atoms with E-state index in [0.717, 1.165) is 25.9 Å². The van der Waals surface area contributed by atoms with Gasteiger partial charge in [-0.15, -0.1) is 0 Å². The molecule has 0 atom stereocenters. The van der Waals surface area contributed by atoms with Crippen LogP contribution in [-0.2, 0) is 9.53 Å². The third-order valence-electron chi connectivity index (χ3n) is 2.98. The highest BCUT2D eigenvalue weighted by atomic mass is 16.6. The molecule has 2 N–H and O–H groups in total. The normalized spacial score (nSPS) is 20.5. The van der Waals surface area contributed by atoms with Gasteiger partial charge >= 0.3 is 5.97 Å². The molecule has 0 aromatic rings. The number of piperidine rings is 1. The van der Waals surface area contributed by atoms with Crippen molar-refractivity contribution >= 4 is 5.97 Å². The van der Waals surface area contributed by atoms with E-state index in [0.29, 0.717) is 6.42 Å². The minimum absolute atomic E-state index is 0.0409. The number of aliphatic hydroxyl groups is 1. The second kappa shape index (κ2) is 5.15. The molecule has 1 fully saturated rings. The van der Waals surface area contributed by atoms with Gasteiger partial charge in [-0.25, -0.2) is 0 Å². The molecule has 1 saturated heterocycles. The maximum absolute atomic E-state index is 12.2. The molecule has 0 aliphatic carbocycles. The van der Waals surface area contributed by atoms with E-state index in [4.69, 9.17) is 9.84 Å². The van der Waals surface area contributed by atoms with E-state index in [1.807, 2.05) is 20.8 Å². The fourth-order valence-electron chi connectivity index (χ4n) is 2.06. The fraction of sp³-hybridized carbons (Fsp3) is 0.917. The van der Waals surface area contributed by atoms with Gasteiger partial charge in [0.1, 0.15) is 5.60 Å². The number of rotatable bonds is 3. The molecular formula is C12H23NO3. The van der Waals surface area contributed by atoms with Gasteiger partial charge in [-0.3, -0.25) is 4.79 Å². The van der Waals surface area contributed by atoms with E-state index in [1.165, 1.54) is 0 Å². The van der Waals surface area contributed by atoms with Crippen molar-refractivity contribution in [3.63, 3.8) is 0 Å². The second-order valence-electron chi connectivity index (χ2n) is 5.51. The Hall–Kier alpha value is -0.610. The van der Waals surface area contributed by atoms with E-state index < -0.39 is 11.0 Å². The molecule has 0 spiro atoms. The van der Waals surface area contributed by atoms with Crippen molar-refractivity contribution in [3.05, 3.63) is 0 Å². The van der Waals surface area contributed by atoms with Crippen LogP contribution in [0.25, 0.3) is 0 Å². The molecule has 94 valence electrons. The van der Waals surface area contributed by atoms with Gasteiger partial charge in [-0.2, -0.15) is 0 Å². The highest BCUT2D eigenvalue weighted by Crippen LogP contribution is 2.35. The number of hydrogen-bond acceptors (Lipinski definition) is 4. The molecule has 0 bridgehead atoms. The minimum atomic E-state index is -0.479. The highest BCUT2D eigenvalue weighted by Gasteiger charge is 2.41. The quantitative estimate of drug-likeness (QED) is 0.711. The van der Waals surface area contributed by atoms with Crippen molar-refractivity contribution in [2.75, 3.05) is 19.7 Å². The van der Waals surface area contributed by atoms with E-state index in [2.05, 4.69) is 5.32 Å². The first-order valence-corrected chi connectivity index (χ1v) is 5.95. The Morgan fingerprint density at radius 2 is 1.94 bits per heavy atom. The average molecular weight is 229 g/mol. The summed E-state index contributed by atoms with van der Waals surface area (Å²) in [6, 6.07) is 0. The summed E-state index contributed by atoms with van der Waals surface area (Å²) in [7, 11) is 0. The Kier molecular flexibility index (Phi) is 4.33. The summed E-state index contributed by atoms with van der Waals surface area (Å²) in [6.07, 6.45) is 2.01. The lowest BCUT2D eigenvalue weighted by molar-refractivity contribution is -0.170. The lowest BCUT2D eigenvalue weighted by atomic mass is 9.76. The highest BCUT2D eigenvalue weighted by molar-refractivity contribution is 5.77. The van der Waals surface area contributed by atoms with Crippen LogP contribution in [0.15, 0.2) is 0 Å². The number of esters is 1. The van der Waals surface area contributed by atoms with Gasteiger partial charge in [0.25, 0.3) is 0 Å². The standard InChI is InChI=1S/C12H23NO3/c1-11(2,3)16-10(15)12(6-9-14)4-7-13-8-5-12/h13-14H,4-9H2,1-3H3. The largest absolute Gasteiger partial charge is 0.460 e. The van der Waals surface area contributed by atoms with Crippen LogP contribution < -0.4 is 5.32 Å². The summed E-state index contributed by atoms with van der Waals surface area (Å²) in [5, 5.41) is 12.3. The monoisotopic (exact) mass is 229 g/mol. The van der Waals surface area contributed by atoms with Crippen LogP contribution >= 0.6 is 0 Å². The van der Waals surface area contributed by atoms with Gasteiger partial charge < -0.3 is 15.2 Å². The SMILES string of the molecule is CC(C)(C)OC(=O)C1(CCO)CCNCC1. The third-order valence-corrected chi connectivity index (χ3v) is 2.98. The number of nitrogens with one attached hydrogen (secondary N) is 1. The van der Waals surface area contributed by atoms with Gasteiger partial charge in [0, 0.05) is 6.61 Å². The molecule has 16 heavy (non-hydrogen) atoms. The van der Waals surface area contributed by atoms with Gasteiger partial charge in [0.15, 0.2) is 0 Å². The molecule has 0 unspecified atom stereocenters. The Bertz CT molecular complexity index is 234. The van der Waals surface area contributed by atoms with E-state index in [-0.39, 0.29) is 12.6 Å². The molecule has 0 saturated carbocycles. The number of carbonyl (C=O) groups excluding carboxylic acids is 1. The van der Waals surface area contributed by atoms with Crippen LogP contribution in [-0.4, -0.2) is 36.4 Å². The molecule has 0 aromatic carbocycles. The summed E-state index contributed by atoms with van der Waals surface area (Å²) in [5.41, 5.74) is -0.933. The first-order chi connectivity index (χ1) is 7.40. The summed E-state index contributed by atoms with van der Waals surface area (Å²) in [4.78, 5) is 12.2. The predicted octanol–water partition coefficient (Wildman–Crippen LogP) is 1.08. The molecule has 0 aromatic heterocycles. The third kappa shape index (κ3) is 3.46. The molecule has 0 amide bonds. The fourth-order valence-corrected chi connectivity index (χ4v) is 2.06. The first kappa shape index (κ1) is 13.5. The van der Waals surface area contributed by atoms with Crippen molar-refractivity contribution in [1.29, 1.82) is 0 Å². The van der Waals surface area contributed by atoms with Crippen LogP contribution in [0.1, 0.15) is 40.0 Å². The van der Waals surface area contributed by atoms with Gasteiger partial charge in [0.2, 0.25) is 0 Å². The zero-order valence-electron chi connectivity index (χ0n) is 10.5. The molecule has 4 nitrogen and oxygen atoms in total. The zero-order valence-corrected chi connectivity index (χ0v) is 10.5. The van der Waals surface area contributed by atoms with Crippen molar-refractivity contribution in [3.8, 4) is 0 Å². The zero-order chi connectivity index (χ0) is 12.2. The maximum Gasteiger partial charge on any atom is 0.312 e. The Morgan fingerprint density at radius 3 is 2.38 bits per heavy atom. The summed E-state index contributed by atoms with van der Waals surface area (Å²) in [6.45, 7) is 7.30. The Morgan fingerprint density at radius 1 is 1.38 bits per heavy atom. The van der Waals surface area contributed by atoms with Crippen molar-refractivity contribution in [1.82, 2.24) is 5.32 Å². The Labute approximate surface area is 97.4 Å². The van der Waals surface area contributed by atoms with E-state index in [1.54, 1.807) is 0 Å². The van der Waals surface area contributed by atoms with Crippen LogP contribution in [0.3, 0.4) is 0 Å². The maximum atomic E-state index is 12.2. The Balaban J connectivity index is 2.72.